The Kier molecular flexibility index (Phi) is 3.51. The maximum atomic E-state index is 11.1. The highest BCUT2D eigenvalue weighted by Gasteiger charge is 2.06. The predicted octanol–water partition coefficient (Wildman–Crippen LogP) is 0.267. The lowest BCUT2D eigenvalue weighted by atomic mass is 10.5. The van der Waals surface area contributed by atoms with Crippen molar-refractivity contribution in [2.24, 2.45) is 7.05 Å². The standard InChI is InChI=1S/C8H15N3O2S/c1-3-14(12,13)5-4-9-8-6-10-11(2)7-8/h6-7,9H,3-5H2,1-2H3. The summed E-state index contributed by atoms with van der Waals surface area (Å²) in [7, 11) is -1.06. The first-order valence-electron chi connectivity index (χ1n) is 4.46. The molecule has 0 saturated heterocycles. The number of sulfone groups is 1. The van der Waals surface area contributed by atoms with Gasteiger partial charge in [-0.05, 0) is 0 Å². The van der Waals surface area contributed by atoms with Crippen LogP contribution in [0.4, 0.5) is 5.69 Å². The van der Waals surface area contributed by atoms with Gasteiger partial charge in [0, 0.05) is 25.5 Å². The summed E-state index contributed by atoms with van der Waals surface area (Å²) >= 11 is 0. The molecule has 0 saturated carbocycles. The van der Waals surface area contributed by atoms with Gasteiger partial charge < -0.3 is 5.32 Å². The molecule has 0 radical (unpaired) electrons. The first-order valence-corrected chi connectivity index (χ1v) is 6.28. The fourth-order valence-electron chi connectivity index (χ4n) is 1.01. The molecule has 80 valence electrons. The van der Waals surface area contributed by atoms with Gasteiger partial charge in [0.15, 0.2) is 9.84 Å². The Morgan fingerprint density at radius 2 is 2.29 bits per heavy atom. The summed E-state index contributed by atoms with van der Waals surface area (Å²) in [6.07, 6.45) is 3.47. The molecule has 6 heteroatoms. The molecule has 1 heterocycles. The van der Waals surface area contributed by atoms with Gasteiger partial charge in [-0.2, -0.15) is 5.10 Å². The zero-order valence-electron chi connectivity index (χ0n) is 8.40. The van der Waals surface area contributed by atoms with Crippen LogP contribution in [0.3, 0.4) is 0 Å². The molecule has 1 rings (SSSR count). The fraction of sp³-hybridized carbons (Fsp3) is 0.625. The predicted molar refractivity (Wildman–Crippen MR) is 56.0 cm³/mol. The van der Waals surface area contributed by atoms with E-state index < -0.39 is 9.84 Å². The Balaban J connectivity index is 2.36. The lowest BCUT2D eigenvalue weighted by Gasteiger charge is -2.02. The van der Waals surface area contributed by atoms with Crippen LogP contribution in [0, 0.1) is 0 Å². The maximum Gasteiger partial charge on any atom is 0.151 e. The molecule has 5 nitrogen and oxygen atoms in total. The smallest absolute Gasteiger partial charge is 0.151 e. The normalized spacial score (nSPS) is 11.6. The van der Waals surface area contributed by atoms with Crippen LogP contribution in [0.5, 0.6) is 0 Å². The minimum atomic E-state index is -2.87. The number of aromatic nitrogens is 2. The molecule has 0 amide bonds. The van der Waals surface area contributed by atoms with E-state index >= 15 is 0 Å². The summed E-state index contributed by atoms with van der Waals surface area (Å²) in [6.45, 7) is 2.08. The number of hydrogen-bond acceptors (Lipinski definition) is 4. The largest absolute Gasteiger partial charge is 0.381 e. The van der Waals surface area contributed by atoms with Crippen LogP contribution >= 0.6 is 0 Å². The van der Waals surface area contributed by atoms with Crippen LogP contribution in [-0.4, -0.2) is 36.2 Å². The van der Waals surface area contributed by atoms with Gasteiger partial charge in [0.05, 0.1) is 17.6 Å². The highest BCUT2D eigenvalue weighted by Crippen LogP contribution is 2.02. The molecule has 1 N–H and O–H groups in total. The molecule has 14 heavy (non-hydrogen) atoms. The van der Waals surface area contributed by atoms with Gasteiger partial charge in [0.2, 0.25) is 0 Å². The van der Waals surface area contributed by atoms with Crippen LogP contribution in [0.1, 0.15) is 6.92 Å². The van der Waals surface area contributed by atoms with Crippen LogP contribution in [0.2, 0.25) is 0 Å². The summed E-state index contributed by atoms with van der Waals surface area (Å²) in [5, 5.41) is 6.95. The van der Waals surface area contributed by atoms with E-state index in [2.05, 4.69) is 10.4 Å². The molecule has 0 aliphatic carbocycles. The minimum Gasteiger partial charge on any atom is -0.381 e. The molecule has 0 unspecified atom stereocenters. The van der Waals surface area contributed by atoms with Crippen molar-refractivity contribution in [2.75, 3.05) is 23.4 Å². The van der Waals surface area contributed by atoms with E-state index in [4.69, 9.17) is 0 Å². The van der Waals surface area contributed by atoms with Gasteiger partial charge in [-0.25, -0.2) is 8.42 Å². The van der Waals surface area contributed by atoms with Crippen LogP contribution < -0.4 is 5.32 Å². The van der Waals surface area contributed by atoms with Crippen molar-refractivity contribution in [3.8, 4) is 0 Å². The molecular weight excluding hydrogens is 202 g/mol. The van der Waals surface area contributed by atoms with Crippen molar-refractivity contribution in [3.05, 3.63) is 12.4 Å². The van der Waals surface area contributed by atoms with Gasteiger partial charge >= 0.3 is 0 Å². The first kappa shape index (κ1) is 11.0. The van der Waals surface area contributed by atoms with E-state index in [1.165, 1.54) is 0 Å². The number of nitrogens with zero attached hydrogens (tertiary/aromatic N) is 2. The fourth-order valence-corrected chi connectivity index (χ4v) is 1.71. The second-order valence-corrected chi connectivity index (χ2v) is 5.54. The molecule has 0 bridgehead atoms. The number of rotatable bonds is 5. The van der Waals surface area contributed by atoms with Gasteiger partial charge in [-0.1, -0.05) is 6.92 Å². The summed E-state index contributed by atoms with van der Waals surface area (Å²) in [5.41, 5.74) is 0.846. The molecule has 0 aliphatic heterocycles. The third-order valence-corrected chi connectivity index (χ3v) is 3.59. The van der Waals surface area contributed by atoms with Crippen molar-refractivity contribution >= 4 is 15.5 Å². The van der Waals surface area contributed by atoms with E-state index in [1.54, 1.807) is 24.0 Å². The van der Waals surface area contributed by atoms with Gasteiger partial charge in [0.25, 0.3) is 0 Å². The number of aryl methyl sites for hydroxylation is 1. The van der Waals surface area contributed by atoms with Crippen molar-refractivity contribution in [1.29, 1.82) is 0 Å². The van der Waals surface area contributed by atoms with E-state index in [9.17, 15) is 8.42 Å². The second-order valence-electron chi connectivity index (χ2n) is 3.07. The zero-order chi connectivity index (χ0) is 10.6. The Morgan fingerprint density at radius 3 is 2.79 bits per heavy atom. The lowest BCUT2D eigenvalue weighted by molar-refractivity contribution is 0.597. The molecule has 0 aromatic carbocycles. The van der Waals surface area contributed by atoms with Crippen LogP contribution in [0.25, 0.3) is 0 Å². The van der Waals surface area contributed by atoms with E-state index in [1.807, 2.05) is 7.05 Å². The average Bonchev–Trinajstić information content (AvgIpc) is 2.51. The molecular formula is C8H15N3O2S. The van der Waals surface area contributed by atoms with Crippen LogP contribution in [-0.2, 0) is 16.9 Å². The van der Waals surface area contributed by atoms with Gasteiger partial charge in [0.1, 0.15) is 0 Å². The minimum absolute atomic E-state index is 0.165. The Labute approximate surface area is 84.0 Å². The Bertz CT molecular complexity index is 383. The molecule has 0 spiro atoms. The van der Waals surface area contributed by atoms with E-state index in [0.29, 0.717) is 6.54 Å². The van der Waals surface area contributed by atoms with Crippen molar-refractivity contribution < 1.29 is 8.42 Å². The maximum absolute atomic E-state index is 11.1. The van der Waals surface area contributed by atoms with E-state index in [0.717, 1.165) is 5.69 Å². The molecule has 0 aliphatic rings. The topological polar surface area (TPSA) is 64.0 Å². The summed E-state index contributed by atoms with van der Waals surface area (Å²) < 4.78 is 23.9. The monoisotopic (exact) mass is 217 g/mol. The lowest BCUT2D eigenvalue weighted by Crippen LogP contribution is -2.16. The van der Waals surface area contributed by atoms with Gasteiger partial charge in [-0.3, -0.25) is 4.68 Å². The Hall–Kier alpha value is -1.04. The quantitative estimate of drug-likeness (QED) is 0.768. The first-order chi connectivity index (χ1) is 6.53. The highest BCUT2D eigenvalue weighted by atomic mass is 32.2. The molecule has 1 aromatic heterocycles. The molecule has 0 fully saturated rings. The average molecular weight is 217 g/mol. The van der Waals surface area contributed by atoms with Crippen molar-refractivity contribution in [2.45, 2.75) is 6.92 Å². The number of nitrogens with one attached hydrogen (secondary N) is 1. The summed E-state index contributed by atoms with van der Waals surface area (Å²) in [4.78, 5) is 0. The van der Waals surface area contributed by atoms with Crippen LogP contribution in [0.15, 0.2) is 12.4 Å². The molecule has 1 aromatic rings. The van der Waals surface area contributed by atoms with Gasteiger partial charge in [-0.15, -0.1) is 0 Å². The third kappa shape index (κ3) is 3.37. The van der Waals surface area contributed by atoms with Crippen molar-refractivity contribution in [3.63, 3.8) is 0 Å². The summed E-state index contributed by atoms with van der Waals surface area (Å²) in [6, 6.07) is 0. The highest BCUT2D eigenvalue weighted by molar-refractivity contribution is 7.91. The zero-order valence-corrected chi connectivity index (χ0v) is 9.21. The molecule has 0 atom stereocenters. The summed E-state index contributed by atoms with van der Waals surface area (Å²) in [5.74, 6) is 0.361. The second kappa shape index (κ2) is 4.45. The third-order valence-electron chi connectivity index (χ3n) is 1.89. The van der Waals surface area contributed by atoms with Crippen molar-refractivity contribution in [1.82, 2.24) is 9.78 Å². The number of anilines is 1. The Morgan fingerprint density at radius 1 is 1.57 bits per heavy atom. The number of hydrogen-bond donors (Lipinski definition) is 1. The van der Waals surface area contributed by atoms with E-state index in [-0.39, 0.29) is 11.5 Å². The SMILES string of the molecule is CCS(=O)(=O)CCNc1cnn(C)c1.